The van der Waals surface area contributed by atoms with Crippen LogP contribution < -0.4 is 0 Å². The molecule has 0 spiro atoms. The van der Waals surface area contributed by atoms with E-state index in [1.165, 1.54) is 0 Å². The third-order valence-electron chi connectivity index (χ3n) is 5.26. The quantitative estimate of drug-likeness (QED) is 0.419. The standard InChI is InChI=1S/C21H18N10/c1-2-7-28(6-1)18-16-20(24-12-22-18)30(14-26-16)10-5-11-31-15-27-17-19(23-13-25-21(17)31)29-8-3-4-9-29/h1-4,6-9,12-15H,5,10-11H2. The highest BCUT2D eigenvalue weighted by molar-refractivity contribution is 5.79. The third kappa shape index (κ3) is 2.96. The summed E-state index contributed by atoms with van der Waals surface area (Å²) in [6.07, 6.45) is 15.5. The number of hydrogen-bond donors (Lipinski definition) is 0. The number of fused-ring (bicyclic) bond motifs is 2. The summed E-state index contributed by atoms with van der Waals surface area (Å²) in [6.45, 7) is 1.54. The van der Waals surface area contributed by atoms with Crippen LogP contribution in [0.3, 0.4) is 0 Å². The minimum Gasteiger partial charge on any atom is -0.315 e. The highest BCUT2D eigenvalue weighted by Gasteiger charge is 2.13. The topological polar surface area (TPSA) is 97.1 Å². The predicted octanol–water partition coefficient (Wildman–Crippen LogP) is 2.64. The Morgan fingerprint density at radius 3 is 1.45 bits per heavy atom. The average Bonchev–Trinajstić information content (AvgIpc) is 3.61. The fourth-order valence-corrected chi connectivity index (χ4v) is 3.80. The molecule has 10 heteroatoms. The largest absolute Gasteiger partial charge is 0.315 e. The average molecular weight is 410 g/mol. The summed E-state index contributed by atoms with van der Waals surface area (Å²) in [5.41, 5.74) is 3.23. The minimum absolute atomic E-state index is 0.772. The van der Waals surface area contributed by atoms with Crippen LogP contribution in [0, 0.1) is 0 Å². The van der Waals surface area contributed by atoms with Gasteiger partial charge in [-0.15, -0.1) is 0 Å². The Hall–Kier alpha value is -4.34. The van der Waals surface area contributed by atoms with E-state index in [-0.39, 0.29) is 0 Å². The fourth-order valence-electron chi connectivity index (χ4n) is 3.80. The highest BCUT2D eigenvalue weighted by atomic mass is 15.2. The molecule has 6 heterocycles. The third-order valence-corrected chi connectivity index (χ3v) is 5.26. The minimum atomic E-state index is 0.772. The predicted molar refractivity (Wildman–Crippen MR) is 114 cm³/mol. The molecule has 0 bridgehead atoms. The van der Waals surface area contributed by atoms with Gasteiger partial charge in [0.05, 0.1) is 12.7 Å². The summed E-state index contributed by atoms with van der Waals surface area (Å²) in [5.74, 6) is 1.56. The summed E-state index contributed by atoms with van der Waals surface area (Å²) < 4.78 is 8.01. The zero-order valence-corrected chi connectivity index (χ0v) is 16.5. The van der Waals surface area contributed by atoms with E-state index in [4.69, 9.17) is 0 Å². The molecule has 0 aliphatic carbocycles. The summed E-state index contributed by atoms with van der Waals surface area (Å²) in [5, 5.41) is 0. The van der Waals surface area contributed by atoms with E-state index < -0.39 is 0 Å². The van der Waals surface area contributed by atoms with E-state index in [1.807, 2.05) is 70.8 Å². The van der Waals surface area contributed by atoms with Gasteiger partial charge in [-0.2, -0.15) is 0 Å². The molecule has 6 aromatic rings. The SMILES string of the molecule is c1ccn(-c2ncnc3c2ncn3CCCn2cnc3c(-n4cccc4)ncnc32)c1. The molecule has 0 N–H and O–H groups in total. The van der Waals surface area contributed by atoms with Crippen molar-refractivity contribution in [1.29, 1.82) is 0 Å². The van der Waals surface area contributed by atoms with Crippen molar-refractivity contribution in [1.82, 2.24) is 48.2 Å². The zero-order valence-electron chi connectivity index (χ0n) is 16.5. The van der Waals surface area contributed by atoms with Gasteiger partial charge in [-0.05, 0) is 30.7 Å². The van der Waals surface area contributed by atoms with Gasteiger partial charge < -0.3 is 18.3 Å². The summed E-state index contributed by atoms with van der Waals surface area (Å²) >= 11 is 0. The summed E-state index contributed by atoms with van der Waals surface area (Å²) in [6, 6.07) is 7.86. The van der Waals surface area contributed by atoms with Gasteiger partial charge >= 0.3 is 0 Å². The lowest BCUT2D eigenvalue weighted by atomic mass is 10.4. The van der Waals surface area contributed by atoms with Crippen molar-refractivity contribution in [3.8, 4) is 11.6 Å². The molecule has 0 aliphatic rings. The lowest BCUT2D eigenvalue weighted by Gasteiger charge is -2.07. The Morgan fingerprint density at radius 2 is 1.00 bits per heavy atom. The number of aryl methyl sites for hydroxylation is 2. The van der Waals surface area contributed by atoms with Gasteiger partial charge in [0.25, 0.3) is 0 Å². The van der Waals surface area contributed by atoms with Crippen molar-refractivity contribution in [3.63, 3.8) is 0 Å². The van der Waals surface area contributed by atoms with E-state index in [0.29, 0.717) is 0 Å². The number of aromatic nitrogens is 10. The van der Waals surface area contributed by atoms with Crippen molar-refractivity contribution < 1.29 is 0 Å². The maximum atomic E-state index is 4.55. The molecule has 0 radical (unpaired) electrons. The molecule has 10 nitrogen and oxygen atoms in total. The Labute approximate surface area is 176 Å². The number of imidazole rings is 2. The Bertz CT molecular complexity index is 1340. The van der Waals surface area contributed by atoms with Crippen LogP contribution >= 0.6 is 0 Å². The van der Waals surface area contributed by atoms with Crippen LogP contribution in [-0.4, -0.2) is 48.2 Å². The smallest absolute Gasteiger partial charge is 0.168 e. The van der Waals surface area contributed by atoms with Crippen molar-refractivity contribution >= 4 is 22.3 Å². The molecule has 6 aromatic heterocycles. The Balaban J connectivity index is 1.24. The maximum absolute atomic E-state index is 4.55. The van der Waals surface area contributed by atoms with Crippen LogP contribution in [0.1, 0.15) is 6.42 Å². The molecule has 0 atom stereocenters. The fraction of sp³-hybridized carbons (Fsp3) is 0.143. The summed E-state index contributed by atoms with van der Waals surface area (Å²) in [7, 11) is 0. The first-order chi connectivity index (χ1) is 15.4. The Morgan fingerprint density at radius 1 is 0.548 bits per heavy atom. The number of rotatable bonds is 6. The van der Waals surface area contributed by atoms with Crippen LogP contribution in [0.15, 0.2) is 74.4 Å². The highest BCUT2D eigenvalue weighted by Crippen LogP contribution is 2.19. The maximum Gasteiger partial charge on any atom is 0.168 e. The summed E-state index contributed by atoms with van der Waals surface area (Å²) in [4.78, 5) is 26.8. The van der Waals surface area contributed by atoms with Crippen LogP contribution in [0.4, 0.5) is 0 Å². The van der Waals surface area contributed by atoms with E-state index in [2.05, 4.69) is 39.0 Å². The van der Waals surface area contributed by atoms with Gasteiger partial charge in [-0.25, -0.2) is 29.9 Å². The normalized spacial score (nSPS) is 11.6. The molecular weight excluding hydrogens is 392 g/mol. The second-order valence-corrected chi connectivity index (χ2v) is 7.15. The van der Waals surface area contributed by atoms with E-state index >= 15 is 0 Å². The van der Waals surface area contributed by atoms with Gasteiger partial charge in [0.1, 0.15) is 12.7 Å². The van der Waals surface area contributed by atoms with Crippen LogP contribution in [0.5, 0.6) is 0 Å². The van der Waals surface area contributed by atoms with Gasteiger partial charge in [0.2, 0.25) is 0 Å². The lowest BCUT2D eigenvalue weighted by Crippen LogP contribution is -2.05. The van der Waals surface area contributed by atoms with Crippen LogP contribution in [0.25, 0.3) is 34.0 Å². The van der Waals surface area contributed by atoms with Crippen molar-refractivity contribution in [3.05, 3.63) is 74.4 Å². The first-order valence-electron chi connectivity index (χ1n) is 9.97. The molecule has 0 aliphatic heterocycles. The molecule has 6 rings (SSSR count). The van der Waals surface area contributed by atoms with Gasteiger partial charge in [0.15, 0.2) is 34.0 Å². The van der Waals surface area contributed by atoms with Gasteiger partial charge in [0, 0.05) is 37.9 Å². The first kappa shape index (κ1) is 17.5. The molecule has 0 unspecified atom stereocenters. The van der Waals surface area contributed by atoms with Gasteiger partial charge in [-0.1, -0.05) is 0 Å². The molecule has 152 valence electrons. The monoisotopic (exact) mass is 410 g/mol. The van der Waals surface area contributed by atoms with Crippen LogP contribution in [-0.2, 0) is 13.1 Å². The first-order valence-corrected chi connectivity index (χ1v) is 9.97. The second-order valence-electron chi connectivity index (χ2n) is 7.15. The second kappa shape index (κ2) is 7.17. The van der Waals surface area contributed by atoms with E-state index in [0.717, 1.165) is 53.5 Å². The molecular formula is C21H18N10. The van der Waals surface area contributed by atoms with E-state index in [1.54, 1.807) is 12.7 Å². The zero-order chi connectivity index (χ0) is 20.6. The van der Waals surface area contributed by atoms with E-state index in [9.17, 15) is 0 Å². The van der Waals surface area contributed by atoms with Crippen LogP contribution in [0.2, 0.25) is 0 Å². The molecule has 0 saturated heterocycles. The molecule has 0 aromatic carbocycles. The van der Waals surface area contributed by atoms with Crippen molar-refractivity contribution in [2.75, 3.05) is 0 Å². The Kier molecular flexibility index (Phi) is 4.05. The van der Waals surface area contributed by atoms with Crippen molar-refractivity contribution in [2.24, 2.45) is 0 Å². The molecule has 31 heavy (non-hydrogen) atoms. The molecule has 0 fully saturated rings. The molecule has 0 saturated carbocycles. The van der Waals surface area contributed by atoms with Gasteiger partial charge in [-0.3, -0.25) is 0 Å². The number of hydrogen-bond acceptors (Lipinski definition) is 6. The number of nitrogens with zero attached hydrogens (tertiary/aromatic N) is 10. The van der Waals surface area contributed by atoms with Crippen molar-refractivity contribution in [2.45, 2.75) is 19.5 Å². The lowest BCUT2D eigenvalue weighted by molar-refractivity contribution is 0.575. The molecule has 0 amide bonds.